The summed E-state index contributed by atoms with van der Waals surface area (Å²) in [6, 6.07) is 12.3. The van der Waals surface area contributed by atoms with Gasteiger partial charge in [-0.15, -0.1) is 24.0 Å². The summed E-state index contributed by atoms with van der Waals surface area (Å²) in [4.78, 5) is 4.33. The highest BCUT2D eigenvalue weighted by molar-refractivity contribution is 14.0. The van der Waals surface area contributed by atoms with Gasteiger partial charge in [-0.2, -0.15) is 0 Å². The molecule has 0 fully saturated rings. The van der Waals surface area contributed by atoms with Crippen LogP contribution in [0.15, 0.2) is 41.4 Å². The van der Waals surface area contributed by atoms with Gasteiger partial charge >= 0.3 is 0 Å². The number of fused-ring (bicyclic) bond motifs is 1. The number of rotatable bonds is 5. The summed E-state index contributed by atoms with van der Waals surface area (Å²) in [5.74, 6) is 1.37. The summed E-state index contributed by atoms with van der Waals surface area (Å²) < 4.78 is 5.22. The van der Waals surface area contributed by atoms with Crippen LogP contribution in [0.3, 0.4) is 0 Å². The van der Waals surface area contributed by atoms with E-state index in [1.54, 1.807) is 7.11 Å². The van der Waals surface area contributed by atoms with Gasteiger partial charge in [-0.05, 0) is 41.0 Å². The zero-order chi connectivity index (χ0) is 14.4. The summed E-state index contributed by atoms with van der Waals surface area (Å²) in [5.41, 5.74) is 6.92. The lowest BCUT2D eigenvalue weighted by Gasteiger charge is -2.06. The first-order valence-electron chi connectivity index (χ1n) is 6.83. The fraction of sp³-hybridized carbons (Fsp3) is 0.312. The number of hydrogen-bond donors (Lipinski definition) is 2. The second-order valence-corrected chi connectivity index (χ2v) is 4.68. The Labute approximate surface area is 142 Å². The third kappa shape index (κ3) is 5.08. The van der Waals surface area contributed by atoms with Gasteiger partial charge in [-0.1, -0.05) is 25.1 Å². The zero-order valence-corrected chi connectivity index (χ0v) is 14.8. The van der Waals surface area contributed by atoms with Crippen molar-refractivity contribution in [1.82, 2.24) is 5.32 Å². The molecule has 0 saturated heterocycles. The lowest BCUT2D eigenvalue weighted by molar-refractivity contribution is 0.415. The fourth-order valence-corrected chi connectivity index (χ4v) is 1.98. The molecule has 0 unspecified atom stereocenters. The van der Waals surface area contributed by atoms with Gasteiger partial charge in [0.2, 0.25) is 0 Å². The summed E-state index contributed by atoms with van der Waals surface area (Å²) >= 11 is 0. The van der Waals surface area contributed by atoms with Gasteiger partial charge in [0.1, 0.15) is 5.75 Å². The van der Waals surface area contributed by atoms with Crippen molar-refractivity contribution in [3.63, 3.8) is 0 Å². The Morgan fingerprint density at radius 3 is 2.62 bits per heavy atom. The molecule has 2 aromatic carbocycles. The van der Waals surface area contributed by atoms with Crippen LogP contribution >= 0.6 is 24.0 Å². The average molecular weight is 399 g/mol. The van der Waals surface area contributed by atoms with Gasteiger partial charge < -0.3 is 15.8 Å². The molecule has 0 heterocycles. The zero-order valence-electron chi connectivity index (χ0n) is 12.4. The average Bonchev–Trinajstić information content (AvgIpc) is 2.50. The molecule has 0 radical (unpaired) electrons. The number of nitrogens with zero attached hydrogens (tertiary/aromatic N) is 1. The Morgan fingerprint density at radius 2 is 1.90 bits per heavy atom. The highest BCUT2D eigenvalue weighted by Crippen LogP contribution is 2.22. The van der Waals surface area contributed by atoms with Crippen molar-refractivity contribution in [3.05, 3.63) is 42.0 Å². The van der Waals surface area contributed by atoms with E-state index >= 15 is 0 Å². The molecule has 0 aromatic heterocycles. The number of nitrogens with one attached hydrogen (secondary N) is 1. The van der Waals surface area contributed by atoms with Crippen molar-refractivity contribution < 1.29 is 4.74 Å². The molecule has 0 aliphatic carbocycles. The fourth-order valence-electron chi connectivity index (χ4n) is 1.98. The van der Waals surface area contributed by atoms with Crippen LogP contribution in [0.4, 0.5) is 0 Å². The Balaban J connectivity index is 0.00000220. The maximum atomic E-state index is 5.78. The minimum absolute atomic E-state index is 0. The highest BCUT2D eigenvalue weighted by Gasteiger charge is 1.99. The lowest BCUT2D eigenvalue weighted by Crippen LogP contribution is -2.32. The summed E-state index contributed by atoms with van der Waals surface area (Å²) in [6.45, 7) is 3.54. The standard InChI is InChI=1S/C16H21N3O.HI/c1-3-8-18-16(17)19-11-12-4-5-14-10-15(20-2)7-6-13(14)9-12;/h4-7,9-10H,3,8,11H2,1-2H3,(H3,17,18,19);1H. The van der Waals surface area contributed by atoms with Crippen molar-refractivity contribution in [2.75, 3.05) is 13.7 Å². The van der Waals surface area contributed by atoms with E-state index in [1.807, 2.05) is 12.1 Å². The van der Waals surface area contributed by atoms with Crippen molar-refractivity contribution in [3.8, 4) is 5.75 Å². The van der Waals surface area contributed by atoms with Crippen LogP contribution in [-0.4, -0.2) is 19.6 Å². The van der Waals surface area contributed by atoms with Gasteiger partial charge in [-0.25, -0.2) is 4.99 Å². The molecule has 0 spiro atoms. The van der Waals surface area contributed by atoms with Crippen LogP contribution in [0.25, 0.3) is 10.8 Å². The quantitative estimate of drug-likeness (QED) is 0.461. The maximum Gasteiger partial charge on any atom is 0.188 e. The number of aliphatic imine (C=N–C) groups is 1. The predicted molar refractivity (Wildman–Crippen MR) is 99.5 cm³/mol. The van der Waals surface area contributed by atoms with Crippen molar-refractivity contribution >= 4 is 40.7 Å². The Hall–Kier alpha value is -1.50. The molecule has 0 atom stereocenters. The van der Waals surface area contributed by atoms with Crippen molar-refractivity contribution in [2.24, 2.45) is 10.7 Å². The number of ether oxygens (including phenoxy) is 1. The molecule has 0 aliphatic heterocycles. The predicted octanol–water partition coefficient (Wildman–Crippen LogP) is 3.28. The Morgan fingerprint density at radius 1 is 1.19 bits per heavy atom. The van der Waals surface area contributed by atoms with E-state index < -0.39 is 0 Å². The molecule has 0 bridgehead atoms. The molecule has 3 N–H and O–H groups in total. The van der Waals surface area contributed by atoms with E-state index in [0.29, 0.717) is 12.5 Å². The number of hydrogen-bond acceptors (Lipinski definition) is 2. The first kappa shape index (κ1) is 17.6. The topological polar surface area (TPSA) is 59.6 Å². The third-order valence-corrected chi connectivity index (χ3v) is 3.10. The van der Waals surface area contributed by atoms with Crippen molar-refractivity contribution in [1.29, 1.82) is 0 Å². The molecule has 114 valence electrons. The second kappa shape index (κ2) is 8.71. The molecule has 2 aromatic rings. The van der Waals surface area contributed by atoms with Gasteiger partial charge in [0, 0.05) is 6.54 Å². The first-order chi connectivity index (χ1) is 9.72. The van der Waals surface area contributed by atoms with Gasteiger partial charge in [-0.3, -0.25) is 0 Å². The second-order valence-electron chi connectivity index (χ2n) is 4.68. The van der Waals surface area contributed by atoms with Crippen LogP contribution in [0, 0.1) is 0 Å². The van der Waals surface area contributed by atoms with Crippen LogP contribution in [0.2, 0.25) is 0 Å². The van der Waals surface area contributed by atoms with Crippen LogP contribution < -0.4 is 15.8 Å². The maximum absolute atomic E-state index is 5.78. The summed E-state index contributed by atoms with van der Waals surface area (Å²) in [5, 5.41) is 5.41. The molecule has 0 aliphatic rings. The number of guanidine groups is 1. The van der Waals surface area contributed by atoms with E-state index in [1.165, 1.54) is 5.39 Å². The van der Waals surface area contributed by atoms with E-state index in [-0.39, 0.29) is 24.0 Å². The summed E-state index contributed by atoms with van der Waals surface area (Å²) in [6.07, 6.45) is 1.04. The largest absolute Gasteiger partial charge is 0.497 e. The van der Waals surface area contributed by atoms with Gasteiger partial charge in [0.15, 0.2) is 5.96 Å². The van der Waals surface area contributed by atoms with Crippen molar-refractivity contribution in [2.45, 2.75) is 19.9 Å². The third-order valence-electron chi connectivity index (χ3n) is 3.10. The Bertz CT molecular complexity index is 613. The van der Waals surface area contributed by atoms with Crippen LogP contribution in [0.5, 0.6) is 5.75 Å². The summed E-state index contributed by atoms with van der Waals surface area (Å²) in [7, 11) is 1.68. The molecule has 2 rings (SSSR count). The molecular weight excluding hydrogens is 377 g/mol. The molecule has 4 nitrogen and oxygen atoms in total. The monoisotopic (exact) mass is 399 g/mol. The molecular formula is C16H22IN3O. The van der Waals surface area contributed by atoms with Gasteiger partial charge in [0.25, 0.3) is 0 Å². The first-order valence-corrected chi connectivity index (χ1v) is 6.83. The SMILES string of the molecule is CCCNC(N)=NCc1ccc2cc(OC)ccc2c1.I. The lowest BCUT2D eigenvalue weighted by atomic mass is 10.1. The minimum Gasteiger partial charge on any atom is -0.497 e. The molecule has 0 saturated carbocycles. The molecule has 21 heavy (non-hydrogen) atoms. The number of benzene rings is 2. The van der Waals surface area contributed by atoms with E-state index in [0.717, 1.165) is 29.7 Å². The normalized spacial score (nSPS) is 11.0. The van der Waals surface area contributed by atoms with E-state index in [2.05, 4.69) is 41.5 Å². The van der Waals surface area contributed by atoms with Gasteiger partial charge in [0.05, 0.1) is 13.7 Å². The van der Waals surface area contributed by atoms with Crippen LogP contribution in [0.1, 0.15) is 18.9 Å². The van der Waals surface area contributed by atoms with E-state index in [4.69, 9.17) is 10.5 Å². The number of methoxy groups -OCH3 is 1. The number of nitrogens with two attached hydrogens (primary N) is 1. The molecule has 0 amide bonds. The number of halogens is 1. The Kier molecular flexibility index (Phi) is 7.28. The van der Waals surface area contributed by atoms with Crippen LogP contribution in [-0.2, 0) is 6.54 Å². The van der Waals surface area contributed by atoms with E-state index in [9.17, 15) is 0 Å². The highest BCUT2D eigenvalue weighted by atomic mass is 127. The minimum atomic E-state index is 0. The smallest absolute Gasteiger partial charge is 0.188 e. The molecule has 5 heteroatoms.